The summed E-state index contributed by atoms with van der Waals surface area (Å²) in [5, 5.41) is 0. The zero-order valence-electron chi connectivity index (χ0n) is 19.5. The Morgan fingerprint density at radius 1 is 1.14 bits per heavy atom. The molecule has 2 nitrogen and oxygen atoms in total. The van der Waals surface area contributed by atoms with Gasteiger partial charge < -0.3 is 9.80 Å². The summed E-state index contributed by atoms with van der Waals surface area (Å²) in [5.41, 5.74) is 6.99. The molecule has 2 rings (SSSR count). The van der Waals surface area contributed by atoms with Crippen LogP contribution in [0.15, 0.2) is 49.1 Å². The molecule has 1 heterocycles. The third-order valence-corrected chi connectivity index (χ3v) is 5.93. The minimum Gasteiger partial charge on any atom is -0.369 e. The van der Waals surface area contributed by atoms with Gasteiger partial charge in [-0.3, -0.25) is 4.39 Å². The van der Waals surface area contributed by atoms with Crippen molar-refractivity contribution in [3.8, 4) is 0 Å². The first-order valence-corrected chi connectivity index (χ1v) is 10.8. The molecule has 1 aliphatic rings. The fourth-order valence-corrected chi connectivity index (χ4v) is 4.06. The molecule has 1 saturated heterocycles. The molecule has 1 unspecified atom stereocenters. The van der Waals surface area contributed by atoms with E-state index in [1.807, 2.05) is 6.08 Å². The second-order valence-electron chi connectivity index (χ2n) is 8.21. The average Bonchev–Trinajstić information content (AvgIpc) is 2.73. The predicted octanol–water partition coefficient (Wildman–Crippen LogP) is 6.32. The summed E-state index contributed by atoms with van der Waals surface area (Å²) >= 11 is 0. The van der Waals surface area contributed by atoms with Gasteiger partial charge >= 0.3 is 0 Å². The lowest BCUT2D eigenvalue weighted by atomic mass is 9.84. The summed E-state index contributed by atoms with van der Waals surface area (Å²) in [6.45, 7) is 21.6. The first-order valence-electron chi connectivity index (χ1n) is 10.8. The Labute approximate surface area is 178 Å². The molecule has 1 aromatic rings. The normalized spacial score (nSPS) is 16.3. The van der Waals surface area contributed by atoms with E-state index in [4.69, 9.17) is 0 Å². The fraction of sp³-hybridized carbons (Fsp3) is 0.538. The Morgan fingerprint density at radius 2 is 1.76 bits per heavy atom. The maximum Gasteiger partial charge on any atom is 0.0785 e. The van der Waals surface area contributed by atoms with Crippen LogP contribution in [0.1, 0.15) is 49.8 Å². The largest absolute Gasteiger partial charge is 0.369 e. The highest BCUT2D eigenvalue weighted by Gasteiger charge is 2.22. The molecule has 1 aromatic carbocycles. The van der Waals surface area contributed by atoms with Crippen molar-refractivity contribution in [2.45, 2.75) is 46.5 Å². The first-order chi connectivity index (χ1) is 13.9. The van der Waals surface area contributed by atoms with E-state index in [-0.39, 0.29) is 5.92 Å². The maximum atomic E-state index is 9.50. The summed E-state index contributed by atoms with van der Waals surface area (Å²) in [7, 11) is 2.72. The Bertz CT molecular complexity index is 682. The van der Waals surface area contributed by atoms with Gasteiger partial charge in [0.25, 0.3) is 0 Å². The van der Waals surface area contributed by atoms with Crippen molar-refractivity contribution >= 4 is 5.69 Å². The van der Waals surface area contributed by atoms with Crippen molar-refractivity contribution in [1.29, 1.82) is 0 Å². The molecule has 0 spiro atoms. The maximum absolute atomic E-state index is 9.50. The van der Waals surface area contributed by atoms with Gasteiger partial charge in [-0.2, -0.15) is 0 Å². The van der Waals surface area contributed by atoms with E-state index in [9.17, 15) is 4.39 Å². The number of piperazine rings is 1. The fourth-order valence-electron chi connectivity index (χ4n) is 4.06. The summed E-state index contributed by atoms with van der Waals surface area (Å²) in [6, 6.07) is 4.68. The lowest BCUT2D eigenvalue weighted by Gasteiger charge is -2.36. The number of rotatable bonds is 8. The smallest absolute Gasteiger partial charge is 0.0785 e. The standard InChI is InChI=1S/C25H38N2.CH3F/c1-8-21(9-2)22(10-3)23-13-14-25(27-17-15-26(7)16-18-27)24(20(23)6)12-11-19(4)5;1-2/h8-10,13-14,19,22H,1,3,11-12,15-18H2,2,4-7H3;1H3/b21-9-;. The third-order valence-electron chi connectivity index (χ3n) is 5.93. The van der Waals surface area contributed by atoms with Gasteiger partial charge in [0, 0.05) is 37.8 Å². The van der Waals surface area contributed by atoms with E-state index in [0.717, 1.165) is 32.6 Å². The van der Waals surface area contributed by atoms with Crippen LogP contribution in [0.3, 0.4) is 0 Å². The lowest BCUT2D eigenvalue weighted by molar-refractivity contribution is 0.312. The number of halogens is 1. The molecule has 1 fully saturated rings. The van der Waals surface area contributed by atoms with Crippen molar-refractivity contribution < 1.29 is 4.39 Å². The van der Waals surface area contributed by atoms with Crippen molar-refractivity contribution in [2.24, 2.45) is 5.92 Å². The van der Waals surface area contributed by atoms with Crippen molar-refractivity contribution in [3.63, 3.8) is 0 Å². The molecular weight excluding hydrogens is 359 g/mol. The van der Waals surface area contributed by atoms with Gasteiger partial charge in [-0.05, 0) is 68.0 Å². The lowest BCUT2D eigenvalue weighted by Crippen LogP contribution is -2.44. The molecule has 1 atom stereocenters. The highest BCUT2D eigenvalue weighted by Crippen LogP contribution is 2.36. The zero-order chi connectivity index (χ0) is 22.0. The van der Waals surface area contributed by atoms with Gasteiger partial charge in [0.2, 0.25) is 0 Å². The molecule has 0 bridgehead atoms. The molecule has 0 saturated carbocycles. The summed E-state index contributed by atoms with van der Waals surface area (Å²) < 4.78 is 9.50. The number of hydrogen-bond donors (Lipinski definition) is 0. The average molecular weight is 401 g/mol. The van der Waals surface area contributed by atoms with Crippen LogP contribution in [0.4, 0.5) is 10.1 Å². The van der Waals surface area contributed by atoms with Crippen LogP contribution in [0.25, 0.3) is 0 Å². The van der Waals surface area contributed by atoms with Gasteiger partial charge in [-0.15, -0.1) is 6.58 Å². The van der Waals surface area contributed by atoms with Gasteiger partial charge in [-0.1, -0.05) is 44.7 Å². The molecule has 0 N–H and O–H groups in total. The Balaban J connectivity index is 0.00000204. The summed E-state index contributed by atoms with van der Waals surface area (Å²) in [4.78, 5) is 5.00. The monoisotopic (exact) mass is 400 g/mol. The summed E-state index contributed by atoms with van der Waals surface area (Å²) in [5.74, 6) is 0.926. The van der Waals surface area contributed by atoms with E-state index >= 15 is 0 Å². The second-order valence-corrected chi connectivity index (χ2v) is 8.21. The molecule has 1 aliphatic heterocycles. The Hall–Kier alpha value is -1.87. The predicted molar refractivity (Wildman–Crippen MR) is 128 cm³/mol. The molecule has 162 valence electrons. The van der Waals surface area contributed by atoms with Crippen LogP contribution in [0.5, 0.6) is 0 Å². The van der Waals surface area contributed by atoms with Crippen LogP contribution in [0.2, 0.25) is 0 Å². The first kappa shape index (κ1) is 25.2. The minimum absolute atomic E-state index is 0.215. The van der Waals surface area contributed by atoms with Crippen LogP contribution in [0, 0.1) is 12.8 Å². The molecule has 29 heavy (non-hydrogen) atoms. The highest BCUT2D eigenvalue weighted by atomic mass is 19.1. The Morgan fingerprint density at radius 3 is 2.24 bits per heavy atom. The van der Waals surface area contributed by atoms with Gasteiger partial charge in [0.1, 0.15) is 0 Å². The van der Waals surface area contributed by atoms with Crippen molar-refractivity contribution in [2.75, 3.05) is 45.3 Å². The van der Waals surface area contributed by atoms with Gasteiger partial charge in [-0.25, -0.2) is 0 Å². The number of benzene rings is 1. The summed E-state index contributed by atoms with van der Waals surface area (Å²) in [6.07, 6.45) is 8.54. The molecule has 0 aliphatic carbocycles. The molecule has 0 radical (unpaired) electrons. The topological polar surface area (TPSA) is 6.48 Å². The van der Waals surface area contributed by atoms with Crippen molar-refractivity contribution in [1.82, 2.24) is 4.90 Å². The third kappa shape index (κ3) is 6.57. The van der Waals surface area contributed by atoms with E-state index in [2.05, 4.69) is 82.0 Å². The number of likely N-dealkylation sites (N-methyl/N-ethyl adjacent to an activating group) is 1. The zero-order valence-corrected chi connectivity index (χ0v) is 19.5. The van der Waals surface area contributed by atoms with Crippen LogP contribution in [-0.2, 0) is 6.42 Å². The van der Waals surface area contributed by atoms with Crippen molar-refractivity contribution in [3.05, 3.63) is 65.8 Å². The molecule has 3 heteroatoms. The van der Waals surface area contributed by atoms with Crippen LogP contribution in [-0.4, -0.2) is 45.3 Å². The molecule has 0 amide bonds. The number of hydrogen-bond acceptors (Lipinski definition) is 2. The second kappa shape index (κ2) is 12.6. The van der Waals surface area contributed by atoms with Gasteiger partial charge in [0.15, 0.2) is 0 Å². The van der Waals surface area contributed by atoms with Crippen LogP contribution < -0.4 is 4.90 Å². The van der Waals surface area contributed by atoms with E-state index in [1.165, 1.54) is 34.4 Å². The number of nitrogens with zero attached hydrogens (tertiary/aromatic N) is 2. The van der Waals surface area contributed by atoms with E-state index < -0.39 is 0 Å². The number of alkyl halides is 1. The number of anilines is 1. The highest BCUT2D eigenvalue weighted by molar-refractivity contribution is 5.61. The minimum atomic E-state index is 0.215. The Kier molecular flexibility index (Phi) is 11.0. The quantitative estimate of drug-likeness (QED) is 0.372. The molecular formula is C26H41FN2. The van der Waals surface area contributed by atoms with Crippen LogP contribution >= 0.6 is 0 Å². The SMILES string of the molecule is C=C/C(=C/C)C(C=C)c1ccc(N2CCN(C)CC2)c(CCC(C)C)c1C.CF. The number of allylic oxidation sites excluding steroid dienone is 4. The van der Waals surface area contributed by atoms with E-state index in [0.29, 0.717) is 13.1 Å². The van der Waals surface area contributed by atoms with Gasteiger partial charge in [0.05, 0.1) is 7.18 Å². The van der Waals surface area contributed by atoms with E-state index in [1.54, 1.807) is 0 Å². The molecule has 0 aromatic heterocycles.